The maximum absolute atomic E-state index is 11.3. The van der Waals surface area contributed by atoms with E-state index in [4.69, 9.17) is 27.2 Å². The molecule has 0 saturated heterocycles. The van der Waals surface area contributed by atoms with Crippen molar-refractivity contribution in [3.63, 3.8) is 0 Å². The minimum absolute atomic E-state index is 0.188. The summed E-state index contributed by atoms with van der Waals surface area (Å²) >= 11 is 5.82. The van der Waals surface area contributed by atoms with Gasteiger partial charge in [0, 0.05) is 30.8 Å². The highest BCUT2D eigenvalue weighted by Crippen LogP contribution is 2.22. The number of rotatable bonds is 7. The third kappa shape index (κ3) is 4.42. The van der Waals surface area contributed by atoms with Crippen molar-refractivity contribution >= 4 is 29.2 Å². The Morgan fingerprint density at radius 1 is 1.53 bits per heavy atom. The predicted octanol–water partition coefficient (Wildman–Crippen LogP) is 1.34. The molecule has 0 fully saturated rings. The van der Waals surface area contributed by atoms with Crippen molar-refractivity contribution in [2.75, 3.05) is 19.0 Å². The van der Waals surface area contributed by atoms with E-state index in [-0.39, 0.29) is 18.6 Å². The van der Waals surface area contributed by atoms with Gasteiger partial charge >= 0.3 is 5.97 Å². The molecule has 0 spiro atoms. The lowest BCUT2D eigenvalue weighted by molar-refractivity contribution is -0.138. The van der Waals surface area contributed by atoms with Crippen molar-refractivity contribution in [3.8, 4) is 0 Å². The Labute approximate surface area is 115 Å². The van der Waals surface area contributed by atoms with E-state index in [1.165, 1.54) is 25.3 Å². The number of primary amides is 1. The average Bonchev–Trinajstić information content (AvgIpc) is 2.33. The van der Waals surface area contributed by atoms with Crippen LogP contribution in [0.25, 0.3) is 0 Å². The summed E-state index contributed by atoms with van der Waals surface area (Å²) in [5, 5.41) is 12.2. The lowest BCUT2D eigenvalue weighted by atomic mass is 10.1. The average molecular weight is 287 g/mol. The number of benzene rings is 1. The number of carbonyl (C=O) groups is 2. The van der Waals surface area contributed by atoms with Crippen LogP contribution in [0.3, 0.4) is 0 Å². The summed E-state index contributed by atoms with van der Waals surface area (Å²) < 4.78 is 4.84. The molecule has 1 aromatic rings. The van der Waals surface area contributed by atoms with Crippen molar-refractivity contribution in [1.82, 2.24) is 0 Å². The normalized spacial score (nSPS) is 11.9. The molecule has 0 aliphatic rings. The van der Waals surface area contributed by atoms with E-state index in [0.29, 0.717) is 10.7 Å². The lowest BCUT2D eigenvalue weighted by Crippen LogP contribution is -2.31. The zero-order chi connectivity index (χ0) is 14.4. The molecule has 6 nitrogen and oxygen atoms in total. The topological polar surface area (TPSA) is 102 Å². The van der Waals surface area contributed by atoms with Gasteiger partial charge in [0.2, 0.25) is 0 Å². The van der Waals surface area contributed by atoms with Crippen LogP contribution in [-0.4, -0.2) is 36.7 Å². The molecule has 0 heterocycles. The molecule has 1 rings (SSSR count). The first-order valence-corrected chi connectivity index (χ1v) is 5.91. The second-order valence-electron chi connectivity index (χ2n) is 3.87. The van der Waals surface area contributed by atoms with Gasteiger partial charge < -0.3 is 20.9 Å². The quantitative estimate of drug-likeness (QED) is 0.702. The van der Waals surface area contributed by atoms with E-state index in [1.807, 2.05) is 0 Å². The Bertz CT molecular complexity index is 479. The van der Waals surface area contributed by atoms with Crippen LogP contribution in [0.15, 0.2) is 18.2 Å². The molecule has 7 heteroatoms. The minimum Gasteiger partial charge on any atom is -0.480 e. The van der Waals surface area contributed by atoms with Crippen molar-refractivity contribution in [2.45, 2.75) is 12.5 Å². The number of halogens is 1. The number of carboxylic acids is 1. The van der Waals surface area contributed by atoms with Gasteiger partial charge in [-0.2, -0.15) is 0 Å². The van der Waals surface area contributed by atoms with Crippen LogP contribution in [0, 0.1) is 0 Å². The van der Waals surface area contributed by atoms with Crippen molar-refractivity contribution < 1.29 is 19.4 Å². The Morgan fingerprint density at radius 2 is 2.21 bits per heavy atom. The molecule has 0 aliphatic carbocycles. The van der Waals surface area contributed by atoms with E-state index in [1.54, 1.807) is 0 Å². The van der Waals surface area contributed by atoms with Crippen molar-refractivity contribution in [3.05, 3.63) is 28.8 Å². The number of carboxylic acid groups (broad SMARTS) is 1. The van der Waals surface area contributed by atoms with Gasteiger partial charge in [-0.05, 0) is 18.2 Å². The summed E-state index contributed by atoms with van der Waals surface area (Å²) in [7, 11) is 1.48. The van der Waals surface area contributed by atoms with Crippen molar-refractivity contribution in [2.24, 2.45) is 5.73 Å². The maximum Gasteiger partial charge on any atom is 0.326 e. The first-order valence-electron chi connectivity index (χ1n) is 5.53. The minimum atomic E-state index is -1.05. The Morgan fingerprint density at radius 3 is 2.74 bits per heavy atom. The molecule has 0 aliphatic heterocycles. The summed E-state index contributed by atoms with van der Waals surface area (Å²) in [6, 6.07) is 3.53. The molecule has 104 valence electrons. The van der Waals surface area contributed by atoms with E-state index in [0.717, 1.165) is 0 Å². The van der Waals surface area contributed by atoms with Gasteiger partial charge in [0.1, 0.15) is 6.04 Å². The van der Waals surface area contributed by atoms with E-state index >= 15 is 0 Å². The van der Waals surface area contributed by atoms with Crippen LogP contribution in [-0.2, 0) is 9.53 Å². The van der Waals surface area contributed by atoms with Crippen LogP contribution >= 0.6 is 11.6 Å². The Balaban J connectivity index is 2.97. The lowest BCUT2D eigenvalue weighted by Gasteiger charge is -2.17. The van der Waals surface area contributed by atoms with Gasteiger partial charge in [0.15, 0.2) is 0 Å². The van der Waals surface area contributed by atoms with Crippen LogP contribution in [0.5, 0.6) is 0 Å². The highest BCUT2D eigenvalue weighted by molar-refractivity contribution is 6.31. The number of nitrogens with one attached hydrogen (secondary N) is 1. The van der Waals surface area contributed by atoms with Gasteiger partial charge in [-0.1, -0.05) is 11.6 Å². The number of nitrogens with two attached hydrogens (primary N) is 1. The number of methoxy groups -OCH3 is 1. The smallest absolute Gasteiger partial charge is 0.326 e. The Kier molecular flexibility index (Phi) is 5.59. The number of ether oxygens (including phenoxy) is 1. The fourth-order valence-corrected chi connectivity index (χ4v) is 1.70. The molecule has 1 atom stereocenters. The zero-order valence-corrected chi connectivity index (χ0v) is 11.1. The zero-order valence-electron chi connectivity index (χ0n) is 10.4. The van der Waals surface area contributed by atoms with Gasteiger partial charge in [-0.15, -0.1) is 0 Å². The number of amides is 1. The first-order chi connectivity index (χ1) is 8.95. The largest absolute Gasteiger partial charge is 0.480 e. The highest BCUT2D eigenvalue weighted by atomic mass is 35.5. The van der Waals surface area contributed by atoms with Gasteiger partial charge in [-0.25, -0.2) is 4.79 Å². The van der Waals surface area contributed by atoms with E-state index in [2.05, 4.69) is 5.32 Å². The number of carbonyl (C=O) groups excluding carboxylic acids is 1. The number of hydrogen-bond donors (Lipinski definition) is 3. The van der Waals surface area contributed by atoms with Crippen LogP contribution in [0.1, 0.15) is 16.8 Å². The number of anilines is 1. The third-order valence-electron chi connectivity index (χ3n) is 2.49. The number of aliphatic carboxylic acids is 1. The number of hydrogen-bond acceptors (Lipinski definition) is 4. The fourth-order valence-electron chi connectivity index (χ4n) is 1.53. The summed E-state index contributed by atoms with van der Waals surface area (Å²) in [6.45, 7) is 0.274. The van der Waals surface area contributed by atoms with Gasteiger partial charge in [0.25, 0.3) is 5.91 Å². The van der Waals surface area contributed by atoms with Gasteiger partial charge in [0.05, 0.1) is 5.56 Å². The molecule has 1 unspecified atom stereocenters. The van der Waals surface area contributed by atoms with Crippen LogP contribution in [0.2, 0.25) is 5.02 Å². The third-order valence-corrected chi connectivity index (χ3v) is 2.72. The molecule has 19 heavy (non-hydrogen) atoms. The van der Waals surface area contributed by atoms with E-state index in [9.17, 15) is 9.59 Å². The molecule has 1 aromatic carbocycles. The second-order valence-corrected chi connectivity index (χ2v) is 4.31. The molecule has 0 aromatic heterocycles. The molecule has 0 saturated carbocycles. The molecular formula is C12H15ClN2O4. The standard InChI is InChI=1S/C12H15ClN2O4/c1-19-5-4-9(12(17)18)15-10-6-7(13)2-3-8(10)11(14)16/h2-3,6,9,15H,4-5H2,1H3,(H2,14,16)(H,17,18). The molecule has 1 amide bonds. The monoisotopic (exact) mass is 286 g/mol. The second kappa shape index (κ2) is 6.96. The predicted molar refractivity (Wildman–Crippen MR) is 71.5 cm³/mol. The summed E-state index contributed by atoms with van der Waals surface area (Å²) in [5.41, 5.74) is 5.71. The SMILES string of the molecule is COCCC(Nc1cc(Cl)ccc1C(N)=O)C(=O)O. The molecule has 4 N–H and O–H groups in total. The summed E-state index contributed by atoms with van der Waals surface area (Å²) in [6.07, 6.45) is 0.247. The molecular weight excluding hydrogens is 272 g/mol. The fraction of sp³-hybridized carbons (Fsp3) is 0.333. The summed E-state index contributed by atoms with van der Waals surface area (Å²) in [4.78, 5) is 22.4. The molecule has 0 radical (unpaired) electrons. The summed E-state index contributed by atoms with van der Waals surface area (Å²) in [5.74, 6) is -1.71. The van der Waals surface area contributed by atoms with Crippen LogP contribution in [0.4, 0.5) is 5.69 Å². The molecule has 0 bridgehead atoms. The highest BCUT2D eigenvalue weighted by Gasteiger charge is 2.19. The first kappa shape index (κ1) is 15.3. The van der Waals surface area contributed by atoms with Gasteiger partial charge in [-0.3, -0.25) is 4.79 Å². The maximum atomic E-state index is 11.3. The Hall–Kier alpha value is -1.79. The van der Waals surface area contributed by atoms with Crippen LogP contribution < -0.4 is 11.1 Å². The van der Waals surface area contributed by atoms with Crippen molar-refractivity contribution in [1.29, 1.82) is 0 Å². The van der Waals surface area contributed by atoms with E-state index < -0.39 is 17.9 Å².